The number of rotatable bonds is 1. The van der Waals surface area contributed by atoms with Crippen LogP contribution in [0.2, 0.25) is 0 Å². The molecule has 0 amide bonds. The molecule has 2 heterocycles. The Kier molecular flexibility index (Phi) is 3.19. The zero-order chi connectivity index (χ0) is 13.2. The summed E-state index contributed by atoms with van der Waals surface area (Å²) in [6, 6.07) is 9.22. The normalized spacial score (nSPS) is 11.3. The summed E-state index contributed by atoms with van der Waals surface area (Å²) in [5.41, 5.74) is 0.959. The SMILES string of the molecule is CC(C)(C)OC(=O)n1cccc1-c1ccccn1. The van der Waals surface area contributed by atoms with Crippen LogP contribution in [0.5, 0.6) is 0 Å². The maximum absolute atomic E-state index is 12.0. The van der Waals surface area contributed by atoms with Gasteiger partial charge in [0.25, 0.3) is 0 Å². The van der Waals surface area contributed by atoms with Gasteiger partial charge in [0, 0.05) is 12.4 Å². The molecule has 0 aliphatic rings. The molecule has 4 heteroatoms. The van der Waals surface area contributed by atoms with Crippen molar-refractivity contribution in [3.8, 4) is 11.4 Å². The average Bonchev–Trinajstić information content (AvgIpc) is 2.76. The predicted molar refractivity (Wildman–Crippen MR) is 69.3 cm³/mol. The zero-order valence-electron chi connectivity index (χ0n) is 10.8. The third kappa shape index (κ3) is 2.77. The van der Waals surface area contributed by atoms with Crippen molar-refractivity contribution in [2.24, 2.45) is 0 Å². The van der Waals surface area contributed by atoms with Gasteiger partial charge in [0.15, 0.2) is 0 Å². The van der Waals surface area contributed by atoms with Gasteiger partial charge in [-0.3, -0.25) is 9.55 Å². The molecule has 0 saturated heterocycles. The highest BCUT2D eigenvalue weighted by molar-refractivity contribution is 5.77. The predicted octanol–water partition coefficient (Wildman–Crippen LogP) is 3.33. The van der Waals surface area contributed by atoms with Crippen LogP contribution < -0.4 is 0 Å². The maximum Gasteiger partial charge on any atom is 0.419 e. The van der Waals surface area contributed by atoms with Crippen molar-refractivity contribution in [3.63, 3.8) is 0 Å². The summed E-state index contributed by atoms with van der Waals surface area (Å²) in [6.45, 7) is 5.53. The van der Waals surface area contributed by atoms with Crippen LogP contribution in [-0.4, -0.2) is 21.2 Å². The Morgan fingerprint density at radius 3 is 2.61 bits per heavy atom. The molecule has 0 aliphatic heterocycles. The molecule has 4 nitrogen and oxygen atoms in total. The summed E-state index contributed by atoms with van der Waals surface area (Å²) in [4.78, 5) is 16.3. The molecule has 94 valence electrons. The van der Waals surface area contributed by atoms with Gasteiger partial charge in [-0.1, -0.05) is 6.07 Å². The van der Waals surface area contributed by atoms with E-state index in [0.29, 0.717) is 0 Å². The van der Waals surface area contributed by atoms with Crippen LogP contribution in [0.1, 0.15) is 20.8 Å². The Morgan fingerprint density at radius 1 is 1.22 bits per heavy atom. The molecule has 0 fully saturated rings. The molecule has 0 unspecified atom stereocenters. The Labute approximate surface area is 106 Å². The van der Waals surface area contributed by atoms with E-state index in [2.05, 4.69) is 4.98 Å². The first-order chi connectivity index (χ1) is 8.47. The molecular weight excluding hydrogens is 228 g/mol. The van der Waals surface area contributed by atoms with E-state index in [4.69, 9.17) is 4.74 Å². The van der Waals surface area contributed by atoms with Gasteiger partial charge in [0.05, 0.1) is 11.4 Å². The first-order valence-electron chi connectivity index (χ1n) is 5.79. The summed E-state index contributed by atoms with van der Waals surface area (Å²) < 4.78 is 6.81. The molecule has 0 radical (unpaired) electrons. The molecule has 0 N–H and O–H groups in total. The largest absolute Gasteiger partial charge is 0.443 e. The lowest BCUT2D eigenvalue weighted by atomic mass is 10.2. The third-order valence-corrected chi connectivity index (χ3v) is 2.27. The van der Waals surface area contributed by atoms with E-state index in [1.54, 1.807) is 18.5 Å². The summed E-state index contributed by atoms with van der Waals surface area (Å²) in [6.07, 6.45) is 2.98. The van der Waals surface area contributed by atoms with Crippen LogP contribution in [0.3, 0.4) is 0 Å². The Bertz CT molecular complexity index is 538. The Morgan fingerprint density at radius 2 is 2.00 bits per heavy atom. The van der Waals surface area contributed by atoms with E-state index in [9.17, 15) is 4.79 Å². The lowest BCUT2D eigenvalue weighted by Gasteiger charge is -2.20. The van der Waals surface area contributed by atoms with Gasteiger partial charge in [-0.05, 0) is 45.0 Å². The number of pyridine rings is 1. The van der Waals surface area contributed by atoms with Crippen molar-refractivity contribution >= 4 is 6.09 Å². The molecule has 0 saturated carbocycles. The molecule has 0 bridgehead atoms. The lowest BCUT2D eigenvalue weighted by molar-refractivity contribution is 0.0540. The van der Waals surface area contributed by atoms with E-state index < -0.39 is 11.7 Å². The minimum atomic E-state index is -0.511. The Hall–Kier alpha value is -2.10. The molecule has 0 aliphatic carbocycles. The highest BCUT2D eigenvalue weighted by Gasteiger charge is 2.19. The second kappa shape index (κ2) is 4.64. The number of hydrogen-bond donors (Lipinski definition) is 0. The second-order valence-electron chi connectivity index (χ2n) is 4.96. The summed E-state index contributed by atoms with van der Waals surface area (Å²) in [7, 11) is 0. The topological polar surface area (TPSA) is 44.1 Å². The fourth-order valence-corrected chi connectivity index (χ4v) is 1.57. The number of ether oxygens (including phenoxy) is 1. The van der Waals surface area contributed by atoms with Crippen LogP contribution in [-0.2, 0) is 4.74 Å². The lowest BCUT2D eigenvalue weighted by Crippen LogP contribution is -2.27. The van der Waals surface area contributed by atoms with Crippen LogP contribution in [0.4, 0.5) is 4.79 Å². The van der Waals surface area contributed by atoms with Crippen molar-refractivity contribution in [1.82, 2.24) is 9.55 Å². The number of carbonyl (C=O) groups is 1. The third-order valence-electron chi connectivity index (χ3n) is 2.27. The number of hydrogen-bond acceptors (Lipinski definition) is 3. The van der Waals surface area contributed by atoms with Gasteiger partial charge in [-0.2, -0.15) is 0 Å². The van der Waals surface area contributed by atoms with Crippen molar-refractivity contribution in [2.45, 2.75) is 26.4 Å². The maximum atomic E-state index is 12.0. The van der Waals surface area contributed by atoms with Gasteiger partial charge in [0.2, 0.25) is 0 Å². The van der Waals surface area contributed by atoms with Gasteiger partial charge in [-0.15, -0.1) is 0 Å². The molecular formula is C14H16N2O2. The van der Waals surface area contributed by atoms with Crippen LogP contribution >= 0.6 is 0 Å². The van der Waals surface area contributed by atoms with Crippen LogP contribution in [0.25, 0.3) is 11.4 Å². The first-order valence-corrected chi connectivity index (χ1v) is 5.79. The summed E-state index contributed by atoms with van der Waals surface area (Å²) >= 11 is 0. The second-order valence-corrected chi connectivity index (χ2v) is 4.96. The molecule has 2 rings (SSSR count). The van der Waals surface area contributed by atoms with Crippen molar-refractivity contribution < 1.29 is 9.53 Å². The smallest absolute Gasteiger partial charge is 0.419 e. The minimum Gasteiger partial charge on any atom is -0.443 e. The van der Waals surface area contributed by atoms with Gasteiger partial charge in [0.1, 0.15) is 5.60 Å². The quantitative estimate of drug-likeness (QED) is 0.772. The van der Waals surface area contributed by atoms with Gasteiger partial charge >= 0.3 is 6.09 Å². The van der Waals surface area contributed by atoms with Gasteiger partial charge < -0.3 is 4.74 Å². The van der Waals surface area contributed by atoms with Crippen molar-refractivity contribution in [2.75, 3.05) is 0 Å². The molecule has 0 atom stereocenters. The number of nitrogens with zero attached hydrogens (tertiary/aromatic N) is 2. The van der Waals surface area contributed by atoms with Crippen molar-refractivity contribution in [3.05, 3.63) is 42.7 Å². The average molecular weight is 244 g/mol. The molecule has 0 aromatic carbocycles. The van der Waals surface area contributed by atoms with Crippen LogP contribution in [0, 0.1) is 0 Å². The molecule has 2 aromatic heterocycles. The van der Waals surface area contributed by atoms with E-state index in [0.717, 1.165) is 11.4 Å². The fraction of sp³-hybridized carbons (Fsp3) is 0.286. The highest BCUT2D eigenvalue weighted by atomic mass is 16.6. The minimum absolute atomic E-state index is 0.395. The van der Waals surface area contributed by atoms with E-state index in [1.165, 1.54) is 4.57 Å². The Balaban J connectivity index is 2.32. The van der Waals surface area contributed by atoms with E-state index in [1.807, 2.05) is 45.0 Å². The summed E-state index contributed by atoms with van der Waals surface area (Å²) in [5, 5.41) is 0. The number of aromatic nitrogens is 2. The number of carbonyl (C=O) groups excluding carboxylic acids is 1. The molecule has 18 heavy (non-hydrogen) atoms. The standard InChI is InChI=1S/C14H16N2O2/c1-14(2,3)18-13(17)16-10-6-8-12(16)11-7-4-5-9-15-11/h4-10H,1-3H3. The van der Waals surface area contributed by atoms with E-state index >= 15 is 0 Å². The fourth-order valence-electron chi connectivity index (χ4n) is 1.57. The van der Waals surface area contributed by atoms with Crippen molar-refractivity contribution in [1.29, 1.82) is 0 Å². The first kappa shape index (κ1) is 12.4. The highest BCUT2D eigenvalue weighted by Crippen LogP contribution is 2.19. The molecule has 2 aromatic rings. The van der Waals surface area contributed by atoms with Crippen LogP contribution in [0.15, 0.2) is 42.7 Å². The molecule has 0 spiro atoms. The van der Waals surface area contributed by atoms with E-state index in [-0.39, 0.29) is 0 Å². The monoisotopic (exact) mass is 244 g/mol. The van der Waals surface area contributed by atoms with Gasteiger partial charge in [-0.25, -0.2) is 4.79 Å². The zero-order valence-corrected chi connectivity index (χ0v) is 10.8. The summed E-state index contributed by atoms with van der Waals surface area (Å²) in [5.74, 6) is 0.